The lowest BCUT2D eigenvalue weighted by atomic mass is 9.89. The molecule has 0 bridgehead atoms. The fraction of sp³-hybridized carbons (Fsp3) is 0.353. The third kappa shape index (κ3) is 3.17. The number of para-hydroxylation sites is 1. The van der Waals surface area contributed by atoms with Crippen molar-refractivity contribution in [3.63, 3.8) is 0 Å². The summed E-state index contributed by atoms with van der Waals surface area (Å²) in [6.07, 6.45) is -2.38. The first-order chi connectivity index (χ1) is 11.0. The fourth-order valence-corrected chi connectivity index (χ4v) is 2.94. The van der Waals surface area contributed by atoms with Gasteiger partial charge in [-0.25, -0.2) is 0 Å². The highest BCUT2D eigenvalue weighted by molar-refractivity contribution is 5.73. The largest absolute Gasteiger partial charge is 0.493 e. The van der Waals surface area contributed by atoms with Crippen LogP contribution in [0.15, 0.2) is 36.5 Å². The summed E-state index contributed by atoms with van der Waals surface area (Å²) in [6.45, 7) is 1.37. The average molecular weight is 322 g/mol. The molecule has 3 nitrogen and oxygen atoms in total. The van der Waals surface area contributed by atoms with Gasteiger partial charge in [0.05, 0.1) is 6.61 Å². The number of halogens is 3. The lowest BCUT2D eigenvalue weighted by molar-refractivity contribution is -0.141. The van der Waals surface area contributed by atoms with Crippen molar-refractivity contribution in [2.45, 2.75) is 18.5 Å². The summed E-state index contributed by atoms with van der Waals surface area (Å²) in [5.41, 5.74) is 1.29. The van der Waals surface area contributed by atoms with Crippen molar-refractivity contribution in [2.24, 2.45) is 0 Å². The number of hydrogen-bond donors (Lipinski definition) is 1. The maximum absolute atomic E-state index is 12.9. The van der Waals surface area contributed by atoms with Gasteiger partial charge >= 0.3 is 6.18 Å². The third-order valence-electron chi connectivity index (χ3n) is 4.01. The molecule has 0 aliphatic carbocycles. The molecular weight excluding hydrogens is 305 g/mol. The summed E-state index contributed by atoms with van der Waals surface area (Å²) in [7, 11) is 1.89. The van der Waals surface area contributed by atoms with Crippen molar-refractivity contribution in [1.29, 1.82) is 0 Å². The van der Waals surface area contributed by atoms with Gasteiger partial charge < -0.3 is 10.1 Å². The normalized spacial score (nSPS) is 17.5. The molecule has 0 unspecified atom stereocenters. The van der Waals surface area contributed by atoms with Crippen LogP contribution in [0.5, 0.6) is 5.75 Å². The molecule has 2 heterocycles. The molecule has 1 aromatic heterocycles. The van der Waals surface area contributed by atoms with E-state index in [1.807, 2.05) is 19.2 Å². The number of benzene rings is 1. The Hall–Kier alpha value is -2.08. The van der Waals surface area contributed by atoms with Crippen LogP contribution >= 0.6 is 0 Å². The van der Waals surface area contributed by atoms with Crippen LogP contribution in [0.3, 0.4) is 0 Å². The second kappa shape index (κ2) is 6.20. The van der Waals surface area contributed by atoms with E-state index in [4.69, 9.17) is 4.74 Å². The summed E-state index contributed by atoms with van der Waals surface area (Å²) in [5, 5.41) is 3.15. The summed E-state index contributed by atoms with van der Waals surface area (Å²) >= 11 is 0. The maximum Gasteiger partial charge on any atom is 0.433 e. The van der Waals surface area contributed by atoms with Gasteiger partial charge in [0.25, 0.3) is 0 Å². The summed E-state index contributed by atoms with van der Waals surface area (Å²) in [5.74, 6) is 0.978. The first-order valence-corrected chi connectivity index (χ1v) is 7.44. The van der Waals surface area contributed by atoms with Crippen molar-refractivity contribution in [1.82, 2.24) is 10.3 Å². The Bertz CT molecular complexity index is 700. The Balaban J connectivity index is 2.06. The first kappa shape index (κ1) is 15.8. The minimum Gasteiger partial charge on any atom is -0.493 e. The first-order valence-electron chi connectivity index (χ1n) is 7.44. The van der Waals surface area contributed by atoms with Crippen LogP contribution in [-0.2, 0) is 6.18 Å². The van der Waals surface area contributed by atoms with E-state index in [0.717, 1.165) is 24.6 Å². The van der Waals surface area contributed by atoms with E-state index < -0.39 is 11.9 Å². The molecular formula is C17H17F3N2O. The fourth-order valence-electron chi connectivity index (χ4n) is 2.94. The quantitative estimate of drug-likeness (QED) is 0.932. The predicted octanol–water partition coefficient (Wildman–Crippen LogP) is 3.85. The van der Waals surface area contributed by atoms with Crippen LogP contribution in [0.4, 0.5) is 13.2 Å². The van der Waals surface area contributed by atoms with Crippen molar-refractivity contribution in [3.05, 3.63) is 47.8 Å². The van der Waals surface area contributed by atoms with Crippen LogP contribution in [0, 0.1) is 0 Å². The Morgan fingerprint density at radius 3 is 2.87 bits per heavy atom. The van der Waals surface area contributed by atoms with E-state index in [2.05, 4.69) is 10.3 Å². The number of rotatable bonds is 3. The molecule has 0 spiro atoms. The Kier molecular flexibility index (Phi) is 4.26. The van der Waals surface area contributed by atoms with E-state index in [0.29, 0.717) is 29.4 Å². The number of ether oxygens (including phenoxy) is 1. The highest BCUT2D eigenvalue weighted by Gasteiger charge is 2.33. The number of pyridine rings is 1. The zero-order chi connectivity index (χ0) is 16.4. The van der Waals surface area contributed by atoms with Crippen LogP contribution in [0.1, 0.15) is 23.6 Å². The molecule has 1 atom stereocenters. The number of likely N-dealkylation sites (N-methyl/N-ethyl adjacent to an activating group) is 1. The highest BCUT2D eigenvalue weighted by atomic mass is 19.4. The third-order valence-corrected chi connectivity index (χ3v) is 4.01. The highest BCUT2D eigenvalue weighted by Crippen LogP contribution is 2.41. The molecule has 1 aliphatic rings. The van der Waals surface area contributed by atoms with E-state index in [-0.39, 0.29) is 0 Å². The average Bonchev–Trinajstić information content (AvgIpc) is 2.54. The Morgan fingerprint density at radius 2 is 2.13 bits per heavy atom. The smallest absolute Gasteiger partial charge is 0.433 e. The molecule has 0 fully saturated rings. The minimum absolute atomic E-state index is 0.299. The molecule has 1 aromatic carbocycles. The SMILES string of the molecule is CNC[C@@H]1CCOc2c(-c3ccnc(C(F)(F)F)c3)cccc21. The topological polar surface area (TPSA) is 34.1 Å². The van der Waals surface area contributed by atoms with Gasteiger partial charge in [-0.3, -0.25) is 4.98 Å². The molecule has 2 aromatic rings. The number of alkyl halides is 3. The molecule has 122 valence electrons. The van der Waals surface area contributed by atoms with Gasteiger partial charge in [-0.15, -0.1) is 0 Å². The molecule has 0 amide bonds. The molecule has 1 N–H and O–H groups in total. The molecule has 3 rings (SSSR count). The van der Waals surface area contributed by atoms with Gasteiger partial charge in [0.1, 0.15) is 11.4 Å². The molecule has 23 heavy (non-hydrogen) atoms. The van der Waals surface area contributed by atoms with Crippen molar-refractivity contribution >= 4 is 0 Å². The lowest BCUT2D eigenvalue weighted by Crippen LogP contribution is -2.23. The number of nitrogens with zero attached hydrogens (tertiary/aromatic N) is 1. The summed E-state index contributed by atoms with van der Waals surface area (Å²) in [4.78, 5) is 3.42. The van der Waals surface area contributed by atoms with Crippen LogP contribution in [0.2, 0.25) is 0 Å². The van der Waals surface area contributed by atoms with E-state index in [9.17, 15) is 13.2 Å². The van der Waals surface area contributed by atoms with E-state index >= 15 is 0 Å². The van der Waals surface area contributed by atoms with Crippen LogP contribution < -0.4 is 10.1 Å². The number of nitrogens with one attached hydrogen (secondary N) is 1. The van der Waals surface area contributed by atoms with Gasteiger partial charge in [-0.2, -0.15) is 13.2 Å². The number of hydrogen-bond acceptors (Lipinski definition) is 3. The van der Waals surface area contributed by atoms with Gasteiger partial charge in [0.2, 0.25) is 0 Å². The second-order valence-corrected chi connectivity index (χ2v) is 5.54. The van der Waals surface area contributed by atoms with E-state index in [1.54, 1.807) is 12.1 Å². The number of aromatic nitrogens is 1. The zero-order valence-corrected chi connectivity index (χ0v) is 12.7. The molecule has 0 radical (unpaired) electrons. The summed E-state index contributed by atoms with van der Waals surface area (Å²) in [6, 6.07) is 8.28. The van der Waals surface area contributed by atoms with Gasteiger partial charge in [0, 0.05) is 24.2 Å². The Morgan fingerprint density at radius 1 is 1.30 bits per heavy atom. The second-order valence-electron chi connectivity index (χ2n) is 5.54. The zero-order valence-electron chi connectivity index (χ0n) is 12.7. The van der Waals surface area contributed by atoms with Crippen LogP contribution in [-0.4, -0.2) is 25.2 Å². The van der Waals surface area contributed by atoms with Crippen molar-refractivity contribution in [3.8, 4) is 16.9 Å². The monoisotopic (exact) mass is 322 g/mol. The van der Waals surface area contributed by atoms with Gasteiger partial charge in [-0.1, -0.05) is 18.2 Å². The van der Waals surface area contributed by atoms with Gasteiger partial charge in [0.15, 0.2) is 0 Å². The standard InChI is InChI=1S/C17H17F3N2O/c1-21-10-12-6-8-23-16-13(3-2-4-14(12)16)11-5-7-22-15(9-11)17(18,19)20/h2-5,7,9,12,21H,6,8,10H2,1H3/t12-/m0/s1. The van der Waals surface area contributed by atoms with Crippen LogP contribution in [0.25, 0.3) is 11.1 Å². The van der Waals surface area contributed by atoms with Crippen molar-refractivity contribution < 1.29 is 17.9 Å². The van der Waals surface area contributed by atoms with E-state index in [1.165, 1.54) is 6.20 Å². The molecule has 0 saturated heterocycles. The summed E-state index contributed by atoms with van der Waals surface area (Å²) < 4.78 is 44.4. The Labute approximate surface area is 132 Å². The predicted molar refractivity (Wildman–Crippen MR) is 81.5 cm³/mol. The minimum atomic E-state index is -4.46. The van der Waals surface area contributed by atoms with Gasteiger partial charge in [-0.05, 0) is 36.7 Å². The molecule has 1 aliphatic heterocycles. The lowest BCUT2D eigenvalue weighted by Gasteiger charge is -2.27. The van der Waals surface area contributed by atoms with Crippen molar-refractivity contribution in [2.75, 3.05) is 20.2 Å². The molecule has 6 heteroatoms. The number of fused-ring (bicyclic) bond motifs is 1. The maximum atomic E-state index is 12.9. The molecule has 0 saturated carbocycles.